The van der Waals surface area contributed by atoms with Crippen molar-refractivity contribution in [2.45, 2.75) is 19.2 Å². The van der Waals surface area contributed by atoms with Crippen LogP contribution in [0.4, 0.5) is 13.2 Å². The van der Waals surface area contributed by atoms with E-state index in [9.17, 15) is 18.3 Å². The van der Waals surface area contributed by atoms with Crippen molar-refractivity contribution in [1.82, 2.24) is 5.32 Å². The quantitative estimate of drug-likeness (QED) is 0.825. The Morgan fingerprint density at radius 2 is 1.89 bits per heavy atom. The standard InChI is InChI=1S/C12H16F3NO2/c1-2-16-7-10(17)8-18-11-5-3-9(4-6-11)12(13,14)15/h3-6,10,16-17H,2,7-8H2,1H3. The second kappa shape index (κ2) is 6.61. The molecule has 3 nitrogen and oxygen atoms in total. The van der Waals surface area contributed by atoms with Crippen molar-refractivity contribution in [2.24, 2.45) is 0 Å². The summed E-state index contributed by atoms with van der Waals surface area (Å²) in [6.45, 7) is 3.07. The minimum atomic E-state index is -4.34. The van der Waals surface area contributed by atoms with Gasteiger partial charge in [0.25, 0.3) is 0 Å². The van der Waals surface area contributed by atoms with Crippen molar-refractivity contribution in [3.63, 3.8) is 0 Å². The van der Waals surface area contributed by atoms with E-state index in [-0.39, 0.29) is 6.61 Å². The Morgan fingerprint density at radius 3 is 2.39 bits per heavy atom. The van der Waals surface area contributed by atoms with Crippen LogP contribution < -0.4 is 10.1 Å². The first kappa shape index (κ1) is 14.8. The molecule has 0 radical (unpaired) electrons. The molecule has 0 saturated heterocycles. The van der Waals surface area contributed by atoms with Crippen LogP contribution >= 0.6 is 0 Å². The molecule has 0 amide bonds. The van der Waals surface area contributed by atoms with E-state index in [1.165, 1.54) is 12.1 Å². The number of ether oxygens (including phenoxy) is 1. The molecule has 1 unspecified atom stereocenters. The molecular formula is C12H16F3NO2. The minimum absolute atomic E-state index is 0.0400. The molecule has 1 rings (SSSR count). The molecule has 0 saturated carbocycles. The van der Waals surface area contributed by atoms with Gasteiger partial charge in [-0.25, -0.2) is 0 Å². The van der Waals surface area contributed by atoms with E-state index in [4.69, 9.17) is 4.74 Å². The van der Waals surface area contributed by atoms with Gasteiger partial charge in [-0.1, -0.05) is 6.92 Å². The highest BCUT2D eigenvalue weighted by molar-refractivity contribution is 5.28. The third kappa shape index (κ3) is 4.93. The predicted octanol–water partition coefficient (Wildman–Crippen LogP) is 2.05. The smallest absolute Gasteiger partial charge is 0.416 e. The summed E-state index contributed by atoms with van der Waals surface area (Å²) in [5, 5.41) is 12.4. The van der Waals surface area contributed by atoms with E-state index >= 15 is 0 Å². The summed E-state index contributed by atoms with van der Waals surface area (Å²) in [6, 6.07) is 4.38. The molecule has 0 aliphatic heterocycles. The second-order valence-electron chi connectivity index (χ2n) is 3.79. The Kier molecular flexibility index (Phi) is 5.43. The summed E-state index contributed by atoms with van der Waals surface area (Å²) < 4.78 is 42.0. The van der Waals surface area contributed by atoms with Crippen LogP contribution in [0.3, 0.4) is 0 Å². The largest absolute Gasteiger partial charge is 0.491 e. The van der Waals surface area contributed by atoms with Crippen LogP contribution in [0.2, 0.25) is 0 Å². The highest BCUT2D eigenvalue weighted by atomic mass is 19.4. The third-order valence-corrected chi connectivity index (χ3v) is 2.25. The molecule has 0 spiro atoms. The predicted molar refractivity (Wildman–Crippen MR) is 61.5 cm³/mol. The van der Waals surface area contributed by atoms with Crippen LogP contribution in [0.25, 0.3) is 0 Å². The van der Waals surface area contributed by atoms with Crippen LogP contribution in [0, 0.1) is 0 Å². The molecule has 0 bridgehead atoms. The van der Waals surface area contributed by atoms with Crippen molar-refractivity contribution in [2.75, 3.05) is 19.7 Å². The van der Waals surface area contributed by atoms with Gasteiger partial charge < -0.3 is 15.2 Å². The van der Waals surface area contributed by atoms with Gasteiger partial charge in [0, 0.05) is 6.54 Å². The van der Waals surface area contributed by atoms with Gasteiger partial charge in [0.2, 0.25) is 0 Å². The number of nitrogens with one attached hydrogen (secondary N) is 1. The number of rotatable bonds is 6. The van der Waals surface area contributed by atoms with E-state index in [0.717, 1.165) is 18.7 Å². The summed E-state index contributed by atoms with van der Waals surface area (Å²) in [6.07, 6.45) is -5.03. The summed E-state index contributed by atoms with van der Waals surface area (Å²) in [4.78, 5) is 0. The highest BCUT2D eigenvalue weighted by Gasteiger charge is 2.29. The number of halogens is 3. The maximum atomic E-state index is 12.3. The fourth-order valence-electron chi connectivity index (χ4n) is 1.30. The number of alkyl halides is 3. The van der Waals surface area contributed by atoms with Crippen LogP contribution in [0.15, 0.2) is 24.3 Å². The molecule has 6 heteroatoms. The summed E-state index contributed by atoms with van der Waals surface area (Å²) in [5.74, 6) is 0.304. The highest BCUT2D eigenvalue weighted by Crippen LogP contribution is 2.30. The fourth-order valence-corrected chi connectivity index (χ4v) is 1.30. The van der Waals surface area contributed by atoms with Crippen molar-refractivity contribution < 1.29 is 23.0 Å². The third-order valence-electron chi connectivity index (χ3n) is 2.25. The molecule has 102 valence electrons. The number of benzene rings is 1. The summed E-state index contributed by atoms with van der Waals surface area (Å²) in [7, 11) is 0. The van der Waals surface area contributed by atoms with Crippen molar-refractivity contribution >= 4 is 0 Å². The van der Waals surface area contributed by atoms with Gasteiger partial charge in [0.05, 0.1) is 5.56 Å². The Hall–Kier alpha value is -1.27. The van der Waals surface area contributed by atoms with Crippen LogP contribution in [-0.2, 0) is 6.18 Å². The first-order valence-electron chi connectivity index (χ1n) is 5.62. The maximum absolute atomic E-state index is 12.3. The van der Waals surface area contributed by atoms with E-state index in [0.29, 0.717) is 12.3 Å². The lowest BCUT2D eigenvalue weighted by atomic mass is 10.2. The average molecular weight is 263 g/mol. The fraction of sp³-hybridized carbons (Fsp3) is 0.500. The monoisotopic (exact) mass is 263 g/mol. The number of likely N-dealkylation sites (N-methyl/N-ethyl adjacent to an activating group) is 1. The Labute approximate surface area is 104 Å². The molecule has 0 heterocycles. The molecule has 0 aromatic heterocycles. The average Bonchev–Trinajstić information content (AvgIpc) is 2.33. The molecule has 1 aromatic carbocycles. The van der Waals surface area contributed by atoms with Gasteiger partial charge >= 0.3 is 6.18 Å². The molecular weight excluding hydrogens is 247 g/mol. The van der Waals surface area contributed by atoms with Gasteiger partial charge in [-0.15, -0.1) is 0 Å². The van der Waals surface area contributed by atoms with Gasteiger partial charge in [0.1, 0.15) is 18.5 Å². The molecule has 0 fully saturated rings. The zero-order valence-corrected chi connectivity index (χ0v) is 10.00. The zero-order chi connectivity index (χ0) is 13.6. The zero-order valence-electron chi connectivity index (χ0n) is 10.00. The SMILES string of the molecule is CCNCC(O)COc1ccc(C(F)(F)F)cc1. The molecule has 2 N–H and O–H groups in total. The van der Waals surface area contributed by atoms with Crippen molar-refractivity contribution in [3.8, 4) is 5.75 Å². The molecule has 1 atom stereocenters. The van der Waals surface area contributed by atoms with Crippen LogP contribution in [0.5, 0.6) is 5.75 Å². The van der Waals surface area contributed by atoms with Gasteiger partial charge in [-0.05, 0) is 30.8 Å². The Bertz CT molecular complexity index is 351. The second-order valence-corrected chi connectivity index (χ2v) is 3.79. The Balaban J connectivity index is 2.44. The number of aliphatic hydroxyl groups is 1. The van der Waals surface area contributed by atoms with Gasteiger partial charge in [0.15, 0.2) is 0 Å². The van der Waals surface area contributed by atoms with Crippen molar-refractivity contribution in [1.29, 1.82) is 0 Å². The lowest BCUT2D eigenvalue weighted by Crippen LogP contribution is -2.31. The molecule has 18 heavy (non-hydrogen) atoms. The van der Waals surface area contributed by atoms with E-state index in [1.807, 2.05) is 6.92 Å². The lowest BCUT2D eigenvalue weighted by molar-refractivity contribution is -0.137. The van der Waals surface area contributed by atoms with Gasteiger partial charge in [-0.3, -0.25) is 0 Å². The number of hydrogen-bond acceptors (Lipinski definition) is 3. The molecule has 0 aliphatic rings. The van der Waals surface area contributed by atoms with Crippen LogP contribution in [-0.4, -0.2) is 30.9 Å². The number of aliphatic hydroxyl groups excluding tert-OH is 1. The van der Waals surface area contributed by atoms with Crippen LogP contribution in [0.1, 0.15) is 12.5 Å². The first-order valence-corrected chi connectivity index (χ1v) is 5.62. The van der Waals surface area contributed by atoms with E-state index in [1.54, 1.807) is 0 Å². The topological polar surface area (TPSA) is 41.5 Å². The van der Waals surface area contributed by atoms with E-state index < -0.39 is 17.8 Å². The maximum Gasteiger partial charge on any atom is 0.416 e. The van der Waals surface area contributed by atoms with Crippen molar-refractivity contribution in [3.05, 3.63) is 29.8 Å². The number of hydrogen-bond donors (Lipinski definition) is 2. The van der Waals surface area contributed by atoms with E-state index in [2.05, 4.69) is 5.32 Å². The Morgan fingerprint density at radius 1 is 1.28 bits per heavy atom. The van der Waals surface area contributed by atoms with Gasteiger partial charge in [-0.2, -0.15) is 13.2 Å². The molecule has 1 aromatic rings. The lowest BCUT2D eigenvalue weighted by Gasteiger charge is -2.13. The minimum Gasteiger partial charge on any atom is -0.491 e. The normalized spacial score (nSPS) is 13.4. The summed E-state index contributed by atoms with van der Waals surface area (Å²) in [5.41, 5.74) is -0.719. The summed E-state index contributed by atoms with van der Waals surface area (Å²) >= 11 is 0. The first-order chi connectivity index (χ1) is 8.43. The molecule has 0 aliphatic carbocycles.